The highest BCUT2D eigenvalue weighted by Gasteiger charge is 2.20. The molecule has 0 spiro atoms. The number of nitrogens with zero attached hydrogens (tertiary/aromatic N) is 5. The minimum atomic E-state index is 0.118. The van der Waals surface area contributed by atoms with E-state index in [2.05, 4.69) is 36.9 Å². The van der Waals surface area contributed by atoms with E-state index < -0.39 is 0 Å². The first-order valence-corrected chi connectivity index (χ1v) is 7.62. The summed E-state index contributed by atoms with van der Waals surface area (Å²) >= 11 is 11.7. The minimum absolute atomic E-state index is 0.118. The normalized spacial score (nSPS) is 15.0. The second kappa shape index (κ2) is 6.54. The summed E-state index contributed by atoms with van der Waals surface area (Å²) in [5, 5.41) is 0.236. The molecule has 0 bridgehead atoms. The quantitative estimate of drug-likeness (QED) is 0.856. The molecule has 3 rings (SSSR count). The van der Waals surface area contributed by atoms with Gasteiger partial charge >= 0.3 is 0 Å². The van der Waals surface area contributed by atoms with Crippen LogP contribution in [0.15, 0.2) is 24.3 Å². The number of ether oxygens (including phenoxy) is 1. The van der Waals surface area contributed by atoms with Gasteiger partial charge in [-0.3, -0.25) is 0 Å². The van der Waals surface area contributed by atoms with Crippen LogP contribution >= 0.6 is 23.2 Å². The molecule has 0 N–H and O–H groups in total. The molecule has 1 aromatic heterocycles. The van der Waals surface area contributed by atoms with Crippen LogP contribution in [0.25, 0.3) is 0 Å². The van der Waals surface area contributed by atoms with Gasteiger partial charge in [0.1, 0.15) is 5.75 Å². The SMILES string of the molecule is COc1ccc(N2CCN(c3nc(Cl)nc(Cl)n3)CC2)cc1. The van der Waals surface area contributed by atoms with E-state index in [-0.39, 0.29) is 10.6 Å². The first kappa shape index (κ1) is 15.1. The summed E-state index contributed by atoms with van der Waals surface area (Å²) in [5.74, 6) is 1.39. The van der Waals surface area contributed by atoms with Gasteiger partial charge in [-0.15, -0.1) is 0 Å². The van der Waals surface area contributed by atoms with Crippen molar-refractivity contribution in [1.82, 2.24) is 15.0 Å². The van der Waals surface area contributed by atoms with Crippen molar-refractivity contribution in [1.29, 1.82) is 0 Å². The molecule has 22 heavy (non-hydrogen) atoms. The van der Waals surface area contributed by atoms with Crippen LogP contribution in [-0.2, 0) is 0 Å². The lowest BCUT2D eigenvalue weighted by molar-refractivity contribution is 0.415. The van der Waals surface area contributed by atoms with E-state index >= 15 is 0 Å². The van der Waals surface area contributed by atoms with E-state index in [4.69, 9.17) is 27.9 Å². The fourth-order valence-corrected chi connectivity index (χ4v) is 2.77. The number of methoxy groups -OCH3 is 1. The zero-order valence-corrected chi connectivity index (χ0v) is 13.5. The molecule has 0 radical (unpaired) electrons. The van der Waals surface area contributed by atoms with Gasteiger partial charge in [0.25, 0.3) is 0 Å². The lowest BCUT2D eigenvalue weighted by atomic mass is 10.2. The van der Waals surface area contributed by atoms with Gasteiger partial charge in [0.2, 0.25) is 16.5 Å². The maximum atomic E-state index is 5.83. The first-order valence-electron chi connectivity index (χ1n) is 6.87. The smallest absolute Gasteiger partial charge is 0.231 e. The van der Waals surface area contributed by atoms with Gasteiger partial charge in [-0.2, -0.15) is 15.0 Å². The number of rotatable bonds is 3. The monoisotopic (exact) mass is 339 g/mol. The summed E-state index contributed by atoms with van der Waals surface area (Å²) in [4.78, 5) is 16.4. The van der Waals surface area contributed by atoms with Crippen molar-refractivity contribution in [3.05, 3.63) is 34.8 Å². The molecular formula is C14H15Cl2N5O. The molecule has 0 atom stereocenters. The molecule has 2 heterocycles. The van der Waals surface area contributed by atoms with Crippen LogP contribution in [0.3, 0.4) is 0 Å². The Hall–Kier alpha value is -1.79. The van der Waals surface area contributed by atoms with Crippen molar-refractivity contribution in [3.63, 3.8) is 0 Å². The number of benzene rings is 1. The molecule has 0 saturated carbocycles. The third-order valence-corrected chi connectivity index (χ3v) is 3.91. The summed E-state index contributed by atoms with van der Waals surface area (Å²) < 4.78 is 5.18. The van der Waals surface area contributed by atoms with E-state index in [9.17, 15) is 0 Å². The van der Waals surface area contributed by atoms with Crippen LogP contribution in [-0.4, -0.2) is 48.2 Å². The number of anilines is 2. The molecule has 1 aromatic carbocycles. The van der Waals surface area contributed by atoms with Crippen LogP contribution in [0.1, 0.15) is 0 Å². The van der Waals surface area contributed by atoms with Crippen LogP contribution in [0, 0.1) is 0 Å². The van der Waals surface area contributed by atoms with Crippen LogP contribution in [0.2, 0.25) is 10.6 Å². The lowest BCUT2D eigenvalue weighted by Crippen LogP contribution is -2.47. The molecule has 116 valence electrons. The van der Waals surface area contributed by atoms with E-state index in [1.165, 1.54) is 5.69 Å². The van der Waals surface area contributed by atoms with Crippen LogP contribution in [0.4, 0.5) is 11.6 Å². The molecular weight excluding hydrogens is 325 g/mol. The van der Waals surface area contributed by atoms with Crippen molar-refractivity contribution >= 4 is 34.8 Å². The van der Waals surface area contributed by atoms with Gasteiger partial charge in [0.15, 0.2) is 0 Å². The average Bonchev–Trinajstić information content (AvgIpc) is 2.54. The summed E-state index contributed by atoms with van der Waals surface area (Å²) in [6.45, 7) is 3.33. The molecule has 1 aliphatic rings. The number of hydrogen-bond donors (Lipinski definition) is 0. The van der Waals surface area contributed by atoms with Crippen molar-refractivity contribution in [3.8, 4) is 5.75 Å². The number of aromatic nitrogens is 3. The van der Waals surface area contributed by atoms with Crippen molar-refractivity contribution < 1.29 is 4.74 Å². The summed E-state index contributed by atoms with van der Waals surface area (Å²) in [5.41, 5.74) is 1.17. The fourth-order valence-electron chi connectivity index (χ4n) is 2.42. The standard InChI is InChI=1S/C14H15Cl2N5O/c1-22-11-4-2-10(3-5-11)20-6-8-21(9-7-20)14-18-12(15)17-13(16)19-14/h2-5H,6-9H2,1H3. The number of piperazine rings is 1. The Bertz CT molecular complexity index is 624. The zero-order valence-electron chi connectivity index (χ0n) is 12.0. The van der Waals surface area contributed by atoms with Crippen molar-refractivity contribution in [2.24, 2.45) is 0 Å². The third-order valence-electron chi connectivity index (χ3n) is 3.57. The van der Waals surface area contributed by atoms with E-state index in [1.807, 2.05) is 12.1 Å². The summed E-state index contributed by atoms with van der Waals surface area (Å²) in [6.07, 6.45) is 0. The first-order chi connectivity index (χ1) is 10.7. The average molecular weight is 340 g/mol. The second-order valence-corrected chi connectivity index (χ2v) is 5.52. The van der Waals surface area contributed by atoms with Gasteiger partial charge in [-0.25, -0.2) is 0 Å². The number of halogens is 2. The van der Waals surface area contributed by atoms with E-state index in [0.29, 0.717) is 5.95 Å². The predicted molar refractivity (Wildman–Crippen MR) is 87.3 cm³/mol. The van der Waals surface area contributed by atoms with Gasteiger partial charge in [0.05, 0.1) is 7.11 Å². The van der Waals surface area contributed by atoms with Gasteiger partial charge < -0.3 is 14.5 Å². The minimum Gasteiger partial charge on any atom is -0.497 e. The van der Waals surface area contributed by atoms with Gasteiger partial charge in [-0.1, -0.05) is 0 Å². The van der Waals surface area contributed by atoms with Gasteiger partial charge in [0, 0.05) is 31.9 Å². The Labute approximate surface area is 138 Å². The Morgan fingerprint density at radius 3 is 1.95 bits per heavy atom. The van der Waals surface area contributed by atoms with Crippen molar-refractivity contribution in [2.45, 2.75) is 0 Å². The molecule has 0 unspecified atom stereocenters. The highest BCUT2D eigenvalue weighted by molar-refractivity contribution is 6.31. The highest BCUT2D eigenvalue weighted by Crippen LogP contribution is 2.22. The van der Waals surface area contributed by atoms with E-state index in [1.54, 1.807) is 7.11 Å². The molecule has 1 aliphatic heterocycles. The molecule has 0 amide bonds. The molecule has 6 nitrogen and oxygen atoms in total. The zero-order chi connectivity index (χ0) is 15.5. The summed E-state index contributed by atoms with van der Waals surface area (Å²) in [6, 6.07) is 8.05. The fraction of sp³-hybridized carbons (Fsp3) is 0.357. The molecule has 1 saturated heterocycles. The molecule has 1 fully saturated rings. The summed E-state index contributed by atoms with van der Waals surface area (Å²) in [7, 11) is 1.67. The largest absolute Gasteiger partial charge is 0.497 e. The van der Waals surface area contributed by atoms with E-state index in [0.717, 1.165) is 31.9 Å². The maximum Gasteiger partial charge on any atom is 0.231 e. The molecule has 8 heteroatoms. The Morgan fingerprint density at radius 1 is 0.864 bits per heavy atom. The van der Waals surface area contributed by atoms with Crippen LogP contribution < -0.4 is 14.5 Å². The topological polar surface area (TPSA) is 54.4 Å². The third kappa shape index (κ3) is 3.34. The molecule has 2 aromatic rings. The maximum absolute atomic E-state index is 5.83. The Balaban J connectivity index is 1.66. The van der Waals surface area contributed by atoms with Crippen LogP contribution in [0.5, 0.6) is 5.75 Å². The van der Waals surface area contributed by atoms with Gasteiger partial charge in [-0.05, 0) is 47.5 Å². The van der Waals surface area contributed by atoms with Crippen molar-refractivity contribution in [2.75, 3.05) is 43.1 Å². The Kier molecular flexibility index (Phi) is 4.49. The lowest BCUT2D eigenvalue weighted by Gasteiger charge is -2.36. The second-order valence-electron chi connectivity index (χ2n) is 4.85. The highest BCUT2D eigenvalue weighted by atomic mass is 35.5. The molecule has 0 aliphatic carbocycles. The predicted octanol–water partition coefficient (Wildman–Crippen LogP) is 2.51. The number of hydrogen-bond acceptors (Lipinski definition) is 6. The Morgan fingerprint density at radius 2 is 1.41 bits per heavy atom.